The molecule has 0 spiro atoms. The lowest BCUT2D eigenvalue weighted by atomic mass is 10.0. The molecule has 1 aliphatic rings. The highest BCUT2D eigenvalue weighted by molar-refractivity contribution is 6.12. The third-order valence-electron chi connectivity index (χ3n) is 5.36. The first-order chi connectivity index (χ1) is 15.5. The first-order valence-electron chi connectivity index (χ1n) is 9.65. The van der Waals surface area contributed by atoms with Crippen molar-refractivity contribution in [1.29, 1.82) is 0 Å². The quantitative estimate of drug-likeness (QED) is 0.502. The molecule has 1 amide bonds. The zero-order valence-corrected chi connectivity index (χ0v) is 17.7. The van der Waals surface area contributed by atoms with Crippen molar-refractivity contribution >= 4 is 23.0 Å². The molecule has 0 radical (unpaired) electrons. The molecule has 2 aromatic heterocycles. The molecule has 0 bridgehead atoms. The van der Waals surface area contributed by atoms with E-state index >= 15 is 0 Å². The van der Waals surface area contributed by atoms with Crippen LogP contribution in [0.15, 0.2) is 36.5 Å². The van der Waals surface area contributed by atoms with E-state index in [0.29, 0.717) is 17.4 Å². The van der Waals surface area contributed by atoms with Crippen LogP contribution in [0.1, 0.15) is 27.3 Å². The zero-order chi connectivity index (χ0) is 24.1. The van der Waals surface area contributed by atoms with E-state index in [0.717, 1.165) is 12.3 Å². The molecule has 0 atom stereocenters. The van der Waals surface area contributed by atoms with Crippen molar-refractivity contribution in [3.63, 3.8) is 0 Å². The Morgan fingerprint density at radius 2 is 1.70 bits per heavy atom. The van der Waals surface area contributed by atoms with E-state index in [4.69, 9.17) is 4.74 Å². The molecule has 3 heterocycles. The van der Waals surface area contributed by atoms with E-state index in [-0.39, 0.29) is 35.1 Å². The van der Waals surface area contributed by atoms with Crippen LogP contribution < -0.4 is 14.5 Å². The van der Waals surface area contributed by atoms with Gasteiger partial charge in [0, 0.05) is 17.3 Å². The molecular formula is C22H17F5N4O2. The number of carbonyl (C=O) groups excluding carboxylic acids is 1. The Balaban J connectivity index is 1.92. The highest BCUT2D eigenvalue weighted by Gasteiger charge is 2.38. The topological polar surface area (TPSA) is 58.6 Å². The van der Waals surface area contributed by atoms with E-state index < -0.39 is 29.4 Å². The van der Waals surface area contributed by atoms with Gasteiger partial charge in [0.25, 0.3) is 5.91 Å². The predicted octanol–water partition coefficient (Wildman–Crippen LogP) is 5.16. The summed E-state index contributed by atoms with van der Waals surface area (Å²) in [5.41, 5.74) is -0.684. The van der Waals surface area contributed by atoms with Crippen LogP contribution >= 0.6 is 0 Å². The lowest BCUT2D eigenvalue weighted by Crippen LogP contribution is -2.46. The number of hydrogen-bond acceptors (Lipinski definition) is 5. The molecule has 1 aromatic carbocycles. The average Bonchev–Trinajstić information content (AvgIpc) is 2.78. The molecule has 4 rings (SSSR count). The number of aryl methyl sites for hydroxylation is 1. The largest absolute Gasteiger partial charge is 0.481 e. The van der Waals surface area contributed by atoms with Crippen molar-refractivity contribution in [1.82, 2.24) is 9.97 Å². The molecule has 6 nitrogen and oxygen atoms in total. The molecule has 0 fully saturated rings. The summed E-state index contributed by atoms with van der Waals surface area (Å²) in [6, 6.07) is 5.91. The van der Waals surface area contributed by atoms with Gasteiger partial charge in [0.05, 0.1) is 35.9 Å². The minimum atomic E-state index is -4.78. The van der Waals surface area contributed by atoms with Gasteiger partial charge in [0.2, 0.25) is 5.88 Å². The summed E-state index contributed by atoms with van der Waals surface area (Å²) >= 11 is 0. The van der Waals surface area contributed by atoms with Crippen LogP contribution in [0, 0.1) is 25.5 Å². The first-order valence-corrected chi connectivity index (χ1v) is 9.65. The smallest absolute Gasteiger partial charge is 0.433 e. The van der Waals surface area contributed by atoms with Crippen LogP contribution in [0.2, 0.25) is 0 Å². The number of methoxy groups -OCH3 is 1. The Hall–Kier alpha value is -3.76. The van der Waals surface area contributed by atoms with Gasteiger partial charge in [-0.05, 0) is 38.1 Å². The molecule has 3 aromatic rings. The van der Waals surface area contributed by atoms with E-state index in [9.17, 15) is 26.7 Å². The summed E-state index contributed by atoms with van der Waals surface area (Å²) < 4.78 is 73.1. The van der Waals surface area contributed by atoms with E-state index in [2.05, 4.69) is 9.97 Å². The fraction of sp³-hybridized carbons (Fsp3) is 0.227. The van der Waals surface area contributed by atoms with Crippen LogP contribution in [0.25, 0.3) is 0 Å². The average molecular weight is 464 g/mol. The number of aromatic nitrogens is 2. The number of ether oxygens (including phenoxy) is 1. The normalized spacial score (nSPS) is 13.9. The molecule has 172 valence electrons. The summed E-state index contributed by atoms with van der Waals surface area (Å²) in [4.78, 5) is 23.6. The lowest BCUT2D eigenvalue weighted by molar-refractivity contribution is -0.141. The number of pyridine rings is 2. The molecule has 11 heteroatoms. The van der Waals surface area contributed by atoms with Crippen molar-refractivity contribution < 1.29 is 31.5 Å². The SMILES string of the molecule is COc1ccc(N2CN(c3ccc(F)c(F)c3C)c3cnc(C(F)(F)F)cc3C2=O)c(C)n1. The Kier molecular flexibility index (Phi) is 5.43. The fourth-order valence-corrected chi connectivity index (χ4v) is 3.67. The monoisotopic (exact) mass is 464 g/mol. The second kappa shape index (κ2) is 7.98. The van der Waals surface area contributed by atoms with Crippen molar-refractivity contribution in [2.75, 3.05) is 23.6 Å². The third kappa shape index (κ3) is 3.83. The van der Waals surface area contributed by atoms with Gasteiger partial charge >= 0.3 is 6.18 Å². The third-order valence-corrected chi connectivity index (χ3v) is 5.36. The van der Waals surface area contributed by atoms with E-state index in [1.807, 2.05) is 0 Å². The van der Waals surface area contributed by atoms with Gasteiger partial charge in [0.15, 0.2) is 11.6 Å². The summed E-state index contributed by atoms with van der Waals surface area (Å²) in [5.74, 6) is -2.59. The lowest BCUT2D eigenvalue weighted by Gasteiger charge is -2.39. The number of fused-ring (bicyclic) bond motifs is 1. The fourth-order valence-electron chi connectivity index (χ4n) is 3.67. The van der Waals surface area contributed by atoms with Crippen LogP contribution in [-0.4, -0.2) is 29.7 Å². The molecule has 0 aliphatic carbocycles. The number of carbonyl (C=O) groups is 1. The number of anilines is 3. The Morgan fingerprint density at radius 1 is 1.00 bits per heavy atom. The van der Waals surface area contributed by atoms with Gasteiger partial charge in [-0.2, -0.15) is 13.2 Å². The zero-order valence-electron chi connectivity index (χ0n) is 17.7. The van der Waals surface area contributed by atoms with Gasteiger partial charge < -0.3 is 9.64 Å². The molecule has 0 saturated carbocycles. The van der Waals surface area contributed by atoms with Gasteiger partial charge in [-0.15, -0.1) is 0 Å². The number of alkyl halides is 3. The maximum atomic E-state index is 14.3. The van der Waals surface area contributed by atoms with Crippen LogP contribution in [-0.2, 0) is 6.18 Å². The minimum absolute atomic E-state index is 0.0393. The van der Waals surface area contributed by atoms with Crippen LogP contribution in [0.5, 0.6) is 5.88 Å². The standard InChI is InChI=1S/C22H17F5N4O2/c1-11-15(5-4-14(23)20(11)24)30-10-31(16-6-7-19(33-3)29-12(16)2)21(32)13-8-18(22(25,26)27)28-9-17(13)30/h4-9H,10H2,1-3H3. The Bertz CT molecular complexity index is 1260. The van der Waals surface area contributed by atoms with E-state index in [1.54, 1.807) is 13.0 Å². The highest BCUT2D eigenvalue weighted by atomic mass is 19.4. The highest BCUT2D eigenvalue weighted by Crippen LogP contribution is 2.40. The Labute approximate surface area is 185 Å². The van der Waals surface area contributed by atoms with Crippen molar-refractivity contribution in [3.05, 3.63) is 70.7 Å². The van der Waals surface area contributed by atoms with Gasteiger partial charge in [-0.3, -0.25) is 9.69 Å². The molecule has 33 heavy (non-hydrogen) atoms. The van der Waals surface area contributed by atoms with Crippen LogP contribution in [0.4, 0.5) is 39.0 Å². The number of amides is 1. The number of halogens is 5. The second-order valence-electron chi connectivity index (χ2n) is 7.35. The Morgan fingerprint density at radius 3 is 2.33 bits per heavy atom. The molecule has 0 unspecified atom stereocenters. The summed E-state index contributed by atoms with van der Waals surface area (Å²) in [5, 5.41) is 0. The van der Waals surface area contributed by atoms with E-state index in [1.165, 1.54) is 36.0 Å². The summed E-state index contributed by atoms with van der Waals surface area (Å²) in [7, 11) is 1.42. The number of nitrogens with zero attached hydrogens (tertiary/aromatic N) is 4. The van der Waals surface area contributed by atoms with Crippen molar-refractivity contribution in [2.45, 2.75) is 20.0 Å². The maximum absolute atomic E-state index is 14.3. The van der Waals surface area contributed by atoms with Crippen molar-refractivity contribution in [2.24, 2.45) is 0 Å². The number of benzene rings is 1. The number of hydrogen-bond donors (Lipinski definition) is 0. The van der Waals surface area contributed by atoms with Gasteiger partial charge in [-0.25, -0.2) is 18.7 Å². The molecular weight excluding hydrogens is 447 g/mol. The summed E-state index contributed by atoms with van der Waals surface area (Å²) in [6.07, 6.45) is -3.87. The molecule has 0 N–H and O–H groups in total. The molecule has 0 saturated heterocycles. The van der Waals surface area contributed by atoms with Crippen LogP contribution in [0.3, 0.4) is 0 Å². The predicted molar refractivity (Wildman–Crippen MR) is 110 cm³/mol. The first kappa shape index (κ1) is 22.4. The van der Waals surface area contributed by atoms with Gasteiger partial charge in [-0.1, -0.05) is 0 Å². The van der Waals surface area contributed by atoms with Gasteiger partial charge in [0.1, 0.15) is 12.4 Å². The minimum Gasteiger partial charge on any atom is -0.481 e. The van der Waals surface area contributed by atoms with Crippen molar-refractivity contribution in [3.8, 4) is 5.88 Å². The number of rotatable bonds is 3. The maximum Gasteiger partial charge on any atom is 0.433 e. The second-order valence-corrected chi connectivity index (χ2v) is 7.35. The molecule has 1 aliphatic heterocycles. The summed E-state index contributed by atoms with van der Waals surface area (Å²) in [6.45, 7) is 2.76.